The van der Waals surface area contributed by atoms with Crippen LogP contribution in [0.2, 0.25) is 0 Å². The highest BCUT2D eigenvalue weighted by Gasteiger charge is 2.22. The standard InChI is InChI=1S/C35H36N2O7/c1-35(2,3)44-34(42)36-22-25-8-7-11-29(20-25)43-31-21-28(38)16-17-30(31)37(32(39)18-19-33(40)41)23-24-12-14-27(15-13-24)26-9-5-4-6-10-26/h4-17,20-21,38H,18-19,22-23H2,1-3H3,(H,36,42)(H,40,41). The van der Waals surface area contributed by atoms with E-state index in [0.29, 0.717) is 11.4 Å². The molecule has 0 fully saturated rings. The number of carbonyl (C=O) groups is 3. The topological polar surface area (TPSA) is 125 Å². The molecule has 3 N–H and O–H groups in total. The number of phenols is 1. The van der Waals surface area contributed by atoms with Gasteiger partial charge in [0.1, 0.15) is 17.1 Å². The summed E-state index contributed by atoms with van der Waals surface area (Å²) in [5.41, 5.74) is 3.38. The average Bonchev–Trinajstić information content (AvgIpc) is 2.98. The third-order valence-electron chi connectivity index (χ3n) is 6.45. The van der Waals surface area contributed by atoms with Crippen LogP contribution in [-0.4, -0.2) is 33.8 Å². The number of ether oxygens (including phenoxy) is 2. The van der Waals surface area contributed by atoms with Gasteiger partial charge in [-0.3, -0.25) is 9.59 Å². The number of rotatable bonds is 11. The molecule has 0 spiro atoms. The Morgan fingerprint density at radius 1 is 0.795 bits per heavy atom. The molecule has 2 amide bonds. The number of hydrogen-bond acceptors (Lipinski definition) is 6. The van der Waals surface area contributed by atoms with E-state index < -0.39 is 23.6 Å². The van der Waals surface area contributed by atoms with Crippen LogP contribution in [0.15, 0.2) is 97.1 Å². The molecule has 0 aliphatic heterocycles. The van der Waals surface area contributed by atoms with Gasteiger partial charge in [-0.25, -0.2) is 4.79 Å². The molecule has 9 nitrogen and oxygen atoms in total. The van der Waals surface area contributed by atoms with E-state index in [-0.39, 0.29) is 37.4 Å². The first-order valence-corrected chi connectivity index (χ1v) is 14.2. The fourth-order valence-corrected chi connectivity index (χ4v) is 4.41. The molecule has 0 saturated carbocycles. The first-order valence-electron chi connectivity index (χ1n) is 14.2. The van der Waals surface area contributed by atoms with Gasteiger partial charge in [0, 0.05) is 19.0 Å². The summed E-state index contributed by atoms with van der Waals surface area (Å²) in [6, 6.07) is 29.1. The van der Waals surface area contributed by atoms with Gasteiger partial charge in [-0.15, -0.1) is 0 Å². The number of benzene rings is 4. The number of phenolic OH excluding ortho intramolecular Hbond substituents is 1. The van der Waals surface area contributed by atoms with E-state index in [4.69, 9.17) is 9.47 Å². The van der Waals surface area contributed by atoms with Gasteiger partial charge in [0.2, 0.25) is 5.91 Å². The van der Waals surface area contributed by atoms with E-state index in [1.807, 2.05) is 60.7 Å². The number of anilines is 1. The van der Waals surface area contributed by atoms with Crippen molar-refractivity contribution in [3.63, 3.8) is 0 Å². The van der Waals surface area contributed by atoms with Gasteiger partial charge < -0.3 is 29.9 Å². The Balaban J connectivity index is 1.59. The lowest BCUT2D eigenvalue weighted by Gasteiger charge is -2.25. The van der Waals surface area contributed by atoms with Crippen molar-refractivity contribution in [3.05, 3.63) is 108 Å². The fourth-order valence-electron chi connectivity index (χ4n) is 4.41. The highest BCUT2D eigenvalue weighted by Crippen LogP contribution is 2.37. The second-order valence-corrected chi connectivity index (χ2v) is 11.2. The number of aromatic hydroxyl groups is 1. The van der Waals surface area contributed by atoms with Gasteiger partial charge in [-0.2, -0.15) is 0 Å². The van der Waals surface area contributed by atoms with E-state index in [1.165, 1.54) is 17.0 Å². The van der Waals surface area contributed by atoms with Gasteiger partial charge in [-0.05, 0) is 67.3 Å². The van der Waals surface area contributed by atoms with Crippen molar-refractivity contribution in [2.75, 3.05) is 4.90 Å². The molecule has 4 aromatic rings. The highest BCUT2D eigenvalue weighted by atomic mass is 16.6. The predicted molar refractivity (Wildman–Crippen MR) is 168 cm³/mol. The minimum atomic E-state index is -1.08. The molecule has 44 heavy (non-hydrogen) atoms. The number of aliphatic carboxylic acids is 1. The third kappa shape index (κ3) is 9.35. The molecule has 0 aliphatic carbocycles. The molecule has 0 aliphatic rings. The zero-order valence-corrected chi connectivity index (χ0v) is 24.9. The van der Waals surface area contributed by atoms with Crippen LogP contribution >= 0.6 is 0 Å². The molecular formula is C35H36N2O7. The van der Waals surface area contributed by atoms with Crippen LogP contribution in [-0.2, 0) is 27.4 Å². The van der Waals surface area contributed by atoms with Crippen LogP contribution in [0.25, 0.3) is 11.1 Å². The molecule has 0 heterocycles. The van der Waals surface area contributed by atoms with E-state index in [0.717, 1.165) is 22.3 Å². The first kappa shape index (κ1) is 31.6. The quantitative estimate of drug-likeness (QED) is 0.166. The van der Waals surface area contributed by atoms with Crippen LogP contribution in [0.3, 0.4) is 0 Å². The Morgan fingerprint density at radius 3 is 2.18 bits per heavy atom. The number of hydrogen-bond donors (Lipinski definition) is 3. The fraction of sp³-hybridized carbons (Fsp3) is 0.229. The summed E-state index contributed by atoms with van der Waals surface area (Å²) in [6.45, 7) is 5.68. The van der Waals surface area contributed by atoms with Crippen molar-refractivity contribution in [3.8, 4) is 28.4 Å². The van der Waals surface area contributed by atoms with Gasteiger partial charge in [0.25, 0.3) is 0 Å². The molecule has 4 aromatic carbocycles. The monoisotopic (exact) mass is 596 g/mol. The lowest BCUT2D eigenvalue weighted by atomic mass is 10.0. The third-order valence-corrected chi connectivity index (χ3v) is 6.45. The number of carbonyl (C=O) groups excluding carboxylic acids is 2. The lowest BCUT2D eigenvalue weighted by molar-refractivity contribution is -0.138. The SMILES string of the molecule is CC(C)(C)OC(=O)NCc1cccc(Oc2cc(O)ccc2N(Cc2ccc(-c3ccccc3)cc2)C(=O)CCC(=O)O)c1. The van der Waals surface area contributed by atoms with Gasteiger partial charge in [0.15, 0.2) is 5.75 Å². The van der Waals surface area contributed by atoms with E-state index >= 15 is 0 Å². The van der Waals surface area contributed by atoms with Crippen molar-refractivity contribution in [1.29, 1.82) is 0 Å². The number of amides is 2. The smallest absolute Gasteiger partial charge is 0.407 e. The Labute approximate surface area is 256 Å². The van der Waals surface area contributed by atoms with Crippen molar-refractivity contribution in [2.24, 2.45) is 0 Å². The summed E-state index contributed by atoms with van der Waals surface area (Å²) in [4.78, 5) is 38.3. The molecular weight excluding hydrogens is 560 g/mol. The van der Waals surface area contributed by atoms with Gasteiger partial charge in [0.05, 0.1) is 18.7 Å². The second-order valence-electron chi connectivity index (χ2n) is 11.2. The highest BCUT2D eigenvalue weighted by molar-refractivity contribution is 5.96. The molecule has 0 aromatic heterocycles. The second kappa shape index (κ2) is 14.2. The Hall–Kier alpha value is -5.31. The normalized spacial score (nSPS) is 11.0. The van der Waals surface area contributed by atoms with E-state index in [2.05, 4.69) is 5.32 Å². The lowest BCUT2D eigenvalue weighted by Crippen LogP contribution is -2.32. The zero-order chi connectivity index (χ0) is 31.7. The Morgan fingerprint density at radius 2 is 1.50 bits per heavy atom. The predicted octanol–water partition coefficient (Wildman–Crippen LogP) is 7.27. The van der Waals surface area contributed by atoms with Crippen LogP contribution in [0.4, 0.5) is 10.5 Å². The van der Waals surface area contributed by atoms with Gasteiger partial charge in [-0.1, -0.05) is 66.7 Å². The maximum absolute atomic E-state index is 13.4. The minimum Gasteiger partial charge on any atom is -0.508 e. The number of nitrogens with zero attached hydrogens (tertiary/aromatic N) is 1. The largest absolute Gasteiger partial charge is 0.508 e. The first-order chi connectivity index (χ1) is 21.0. The molecule has 4 rings (SSSR count). The molecule has 0 bridgehead atoms. The number of carboxylic acids is 1. The van der Waals surface area contributed by atoms with Crippen molar-refractivity contribution < 1.29 is 34.1 Å². The average molecular weight is 597 g/mol. The van der Waals surface area contributed by atoms with E-state index in [1.54, 1.807) is 45.0 Å². The van der Waals surface area contributed by atoms with Crippen molar-refractivity contribution in [1.82, 2.24) is 5.32 Å². The summed E-state index contributed by atoms with van der Waals surface area (Å²) in [5.74, 6) is -0.955. The molecule has 0 radical (unpaired) electrons. The molecule has 0 atom stereocenters. The number of nitrogens with one attached hydrogen (secondary N) is 1. The molecule has 9 heteroatoms. The number of carboxylic acid groups (broad SMARTS) is 1. The Kier molecular flexibility index (Phi) is 10.2. The maximum atomic E-state index is 13.4. The van der Waals surface area contributed by atoms with Crippen molar-refractivity contribution in [2.45, 2.75) is 52.3 Å². The summed E-state index contributed by atoms with van der Waals surface area (Å²) >= 11 is 0. The summed E-state index contributed by atoms with van der Waals surface area (Å²) in [6.07, 6.45) is -1.10. The van der Waals surface area contributed by atoms with Gasteiger partial charge >= 0.3 is 12.1 Å². The summed E-state index contributed by atoms with van der Waals surface area (Å²) < 4.78 is 11.5. The summed E-state index contributed by atoms with van der Waals surface area (Å²) in [7, 11) is 0. The Bertz CT molecular complexity index is 1600. The van der Waals surface area contributed by atoms with Crippen LogP contribution in [0.5, 0.6) is 17.2 Å². The molecule has 228 valence electrons. The summed E-state index contributed by atoms with van der Waals surface area (Å²) in [5, 5.41) is 22.2. The molecule has 0 unspecified atom stereocenters. The number of alkyl carbamates (subject to hydrolysis) is 1. The van der Waals surface area contributed by atoms with Crippen LogP contribution in [0.1, 0.15) is 44.7 Å². The van der Waals surface area contributed by atoms with E-state index in [9.17, 15) is 24.6 Å². The zero-order valence-electron chi connectivity index (χ0n) is 24.9. The maximum Gasteiger partial charge on any atom is 0.407 e. The van der Waals surface area contributed by atoms with Crippen LogP contribution < -0.4 is 15.0 Å². The van der Waals surface area contributed by atoms with Crippen molar-refractivity contribution >= 4 is 23.7 Å². The molecule has 0 saturated heterocycles. The van der Waals surface area contributed by atoms with Crippen LogP contribution in [0, 0.1) is 0 Å². The minimum absolute atomic E-state index is 0.0726.